The zero-order chi connectivity index (χ0) is 13.8. The molecule has 2 heterocycles. The predicted octanol–water partition coefficient (Wildman–Crippen LogP) is 1.66. The van der Waals surface area contributed by atoms with Crippen molar-refractivity contribution in [1.82, 2.24) is 19.9 Å². The van der Waals surface area contributed by atoms with Crippen molar-refractivity contribution in [2.45, 2.75) is 26.8 Å². The van der Waals surface area contributed by atoms with Crippen molar-refractivity contribution >= 4 is 28.7 Å². The fourth-order valence-corrected chi connectivity index (χ4v) is 2.19. The highest BCUT2D eigenvalue weighted by Gasteiger charge is 2.15. The second-order valence-corrected chi connectivity index (χ2v) is 4.68. The Morgan fingerprint density at radius 2 is 2.32 bits per heavy atom. The van der Waals surface area contributed by atoms with Crippen molar-refractivity contribution < 1.29 is 4.79 Å². The molecule has 0 fully saturated rings. The van der Waals surface area contributed by atoms with Gasteiger partial charge in [-0.25, -0.2) is 9.97 Å². The molecule has 0 unspecified atom stereocenters. The first kappa shape index (κ1) is 13.8. The maximum absolute atomic E-state index is 11.8. The minimum absolute atomic E-state index is 0.0408. The number of rotatable bonds is 5. The molecular formula is C13H17ClN4O. The molecule has 0 atom stereocenters. The molecule has 0 saturated carbocycles. The summed E-state index contributed by atoms with van der Waals surface area (Å²) in [6, 6.07) is 1.91. The highest BCUT2D eigenvalue weighted by atomic mass is 35.5. The average Bonchev–Trinajstić information content (AvgIpc) is 2.71. The van der Waals surface area contributed by atoms with Gasteiger partial charge < -0.3 is 9.88 Å². The van der Waals surface area contributed by atoms with Gasteiger partial charge in [0.05, 0.1) is 0 Å². The number of fused-ring (bicyclic) bond motifs is 1. The van der Waals surface area contributed by atoms with E-state index in [4.69, 9.17) is 11.6 Å². The van der Waals surface area contributed by atoms with Gasteiger partial charge in [0.2, 0.25) is 5.91 Å². The largest absolute Gasteiger partial charge is 0.355 e. The van der Waals surface area contributed by atoms with Crippen LogP contribution in [0.2, 0.25) is 0 Å². The second-order valence-electron chi connectivity index (χ2n) is 4.31. The van der Waals surface area contributed by atoms with Crippen LogP contribution in [-0.2, 0) is 17.8 Å². The number of alkyl halides is 1. The van der Waals surface area contributed by atoms with E-state index in [0.29, 0.717) is 18.8 Å². The molecule has 1 amide bonds. The lowest BCUT2D eigenvalue weighted by molar-refractivity contribution is -0.121. The van der Waals surface area contributed by atoms with E-state index < -0.39 is 0 Å². The molecule has 0 aliphatic carbocycles. The molecule has 0 aliphatic rings. The molecule has 1 N–H and O–H groups in total. The molecule has 102 valence electrons. The number of carbonyl (C=O) groups is 1. The van der Waals surface area contributed by atoms with Crippen LogP contribution >= 0.6 is 11.6 Å². The van der Waals surface area contributed by atoms with Crippen LogP contribution in [0, 0.1) is 6.92 Å². The van der Waals surface area contributed by atoms with Gasteiger partial charge in [-0.05, 0) is 25.5 Å². The molecule has 0 bridgehead atoms. The van der Waals surface area contributed by atoms with Crippen molar-refractivity contribution in [3.8, 4) is 0 Å². The topological polar surface area (TPSA) is 59.8 Å². The summed E-state index contributed by atoms with van der Waals surface area (Å²) < 4.78 is 1.84. The highest BCUT2D eigenvalue weighted by molar-refractivity contribution is 6.17. The van der Waals surface area contributed by atoms with Gasteiger partial charge in [0, 0.05) is 25.0 Å². The summed E-state index contributed by atoms with van der Waals surface area (Å²) in [7, 11) is 0. The van der Waals surface area contributed by atoms with E-state index in [-0.39, 0.29) is 12.5 Å². The van der Waals surface area contributed by atoms with Crippen molar-refractivity contribution in [3.05, 3.63) is 23.7 Å². The van der Waals surface area contributed by atoms with Gasteiger partial charge in [0.1, 0.15) is 17.9 Å². The quantitative estimate of drug-likeness (QED) is 0.848. The summed E-state index contributed by atoms with van der Waals surface area (Å²) in [5, 5.41) is 2.78. The van der Waals surface area contributed by atoms with Crippen molar-refractivity contribution in [3.63, 3.8) is 0 Å². The zero-order valence-corrected chi connectivity index (χ0v) is 11.9. The molecule has 2 rings (SSSR count). The molecule has 6 heteroatoms. The van der Waals surface area contributed by atoms with Gasteiger partial charge in [-0.15, -0.1) is 11.6 Å². The first-order chi connectivity index (χ1) is 9.17. The molecule has 0 aliphatic heterocycles. The lowest BCUT2D eigenvalue weighted by Gasteiger charge is -2.07. The Morgan fingerprint density at radius 1 is 1.53 bits per heavy atom. The van der Waals surface area contributed by atoms with E-state index in [1.165, 1.54) is 0 Å². The number of likely N-dealkylation sites (N-methyl/N-ethyl adjacent to an activating group) is 1. The number of pyridine rings is 1. The third-order valence-electron chi connectivity index (χ3n) is 2.91. The number of aryl methyl sites for hydroxylation is 2. The van der Waals surface area contributed by atoms with Crippen LogP contribution in [0.3, 0.4) is 0 Å². The number of hydrogen-bond acceptors (Lipinski definition) is 3. The molecule has 0 spiro atoms. The molecular weight excluding hydrogens is 264 g/mol. The Kier molecular flexibility index (Phi) is 4.37. The maximum atomic E-state index is 11.8. The fourth-order valence-electron chi connectivity index (χ4n) is 2.02. The number of halogens is 1. The Bertz CT molecular complexity index is 594. The maximum Gasteiger partial charge on any atom is 0.240 e. The molecule has 2 aromatic rings. The smallest absolute Gasteiger partial charge is 0.240 e. The lowest BCUT2D eigenvalue weighted by Crippen LogP contribution is -2.28. The number of nitrogens with one attached hydrogen (secondary N) is 1. The van der Waals surface area contributed by atoms with Gasteiger partial charge >= 0.3 is 0 Å². The van der Waals surface area contributed by atoms with E-state index in [0.717, 1.165) is 22.6 Å². The molecule has 0 aromatic carbocycles. The summed E-state index contributed by atoms with van der Waals surface area (Å²) in [6.45, 7) is 4.72. The van der Waals surface area contributed by atoms with Gasteiger partial charge in [0.15, 0.2) is 5.65 Å². The van der Waals surface area contributed by atoms with Gasteiger partial charge in [-0.2, -0.15) is 0 Å². The number of aromatic nitrogens is 3. The Labute approximate surface area is 117 Å². The van der Waals surface area contributed by atoms with Crippen molar-refractivity contribution in [1.29, 1.82) is 0 Å². The predicted molar refractivity (Wildman–Crippen MR) is 75.4 cm³/mol. The standard InChI is InChI=1S/C13H17ClN4O/c1-3-15-11(19)8-18-10(4-6-14)17-12-9(2)5-7-16-13(12)18/h5,7H,3-4,6,8H2,1-2H3,(H,15,19). The molecule has 2 aromatic heterocycles. The van der Waals surface area contributed by atoms with Crippen LogP contribution in [0.15, 0.2) is 12.3 Å². The minimum atomic E-state index is -0.0408. The van der Waals surface area contributed by atoms with Crippen molar-refractivity contribution in [2.24, 2.45) is 0 Å². The molecule has 5 nitrogen and oxygen atoms in total. The summed E-state index contributed by atoms with van der Waals surface area (Å²) >= 11 is 5.80. The van der Waals surface area contributed by atoms with E-state index in [1.54, 1.807) is 6.20 Å². The zero-order valence-electron chi connectivity index (χ0n) is 11.1. The summed E-state index contributed by atoms with van der Waals surface area (Å²) in [5.74, 6) is 1.23. The third kappa shape index (κ3) is 2.87. The number of amides is 1. The number of imidazole rings is 1. The fraction of sp³-hybridized carbons (Fsp3) is 0.462. The summed E-state index contributed by atoms with van der Waals surface area (Å²) in [5.41, 5.74) is 2.63. The van der Waals surface area contributed by atoms with Crippen LogP contribution < -0.4 is 5.32 Å². The number of hydrogen-bond donors (Lipinski definition) is 1. The number of carbonyl (C=O) groups excluding carboxylic acids is 1. The number of nitrogens with zero attached hydrogens (tertiary/aromatic N) is 3. The Balaban J connectivity index is 2.46. The van der Waals surface area contributed by atoms with Crippen LogP contribution in [0.5, 0.6) is 0 Å². The minimum Gasteiger partial charge on any atom is -0.355 e. The van der Waals surface area contributed by atoms with Crippen LogP contribution in [0.25, 0.3) is 11.2 Å². The Hall–Kier alpha value is -1.62. The van der Waals surface area contributed by atoms with Gasteiger partial charge in [-0.3, -0.25) is 4.79 Å². The first-order valence-corrected chi connectivity index (χ1v) is 6.84. The highest BCUT2D eigenvalue weighted by Crippen LogP contribution is 2.18. The monoisotopic (exact) mass is 280 g/mol. The van der Waals surface area contributed by atoms with E-state index in [1.807, 2.05) is 24.5 Å². The van der Waals surface area contributed by atoms with Gasteiger partial charge in [0.25, 0.3) is 0 Å². The van der Waals surface area contributed by atoms with E-state index in [9.17, 15) is 4.79 Å². The van der Waals surface area contributed by atoms with Crippen LogP contribution in [-0.4, -0.2) is 32.9 Å². The van der Waals surface area contributed by atoms with Crippen LogP contribution in [0.4, 0.5) is 0 Å². The summed E-state index contributed by atoms with van der Waals surface area (Å²) in [6.07, 6.45) is 2.36. The van der Waals surface area contributed by atoms with Crippen molar-refractivity contribution in [2.75, 3.05) is 12.4 Å². The normalized spacial score (nSPS) is 10.9. The van der Waals surface area contributed by atoms with E-state index >= 15 is 0 Å². The third-order valence-corrected chi connectivity index (χ3v) is 3.10. The van der Waals surface area contributed by atoms with Gasteiger partial charge in [-0.1, -0.05) is 0 Å². The summed E-state index contributed by atoms with van der Waals surface area (Å²) in [4.78, 5) is 20.7. The second kappa shape index (κ2) is 6.02. The first-order valence-electron chi connectivity index (χ1n) is 6.30. The molecule has 19 heavy (non-hydrogen) atoms. The molecule has 0 radical (unpaired) electrons. The SMILES string of the molecule is CCNC(=O)Cn1c(CCCl)nc2c(C)ccnc21. The van der Waals surface area contributed by atoms with E-state index in [2.05, 4.69) is 15.3 Å². The average molecular weight is 281 g/mol. The lowest BCUT2D eigenvalue weighted by atomic mass is 10.3. The molecule has 0 saturated heterocycles. The Morgan fingerprint density at radius 3 is 3.00 bits per heavy atom. The van der Waals surface area contributed by atoms with Crippen LogP contribution in [0.1, 0.15) is 18.3 Å².